The van der Waals surface area contributed by atoms with Crippen LogP contribution in [0.1, 0.15) is 34.1 Å². The zero-order valence-electron chi connectivity index (χ0n) is 9.77. The second kappa shape index (κ2) is 4.11. The van der Waals surface area contributed by atoms with Crippen molar-refractivity contribution in [2.45, 2.75) is 45.8 Å². The second-order valence-electron chi connectivity index (χ2n) is 4.64. The number of amides is 2. The van der Waals surface area contributed by atoms with Crippen LogP contribution in [0.25, 0.3) is 0 Å². The van der Waals surface area contributed by atoms with E-state index in [1.807, 2.05) is 0 Å². The Bertz CT molecular complexity index is 331. The van der Waals surface area contributed by atoms with Crippen molar-refractivity contribution in [1.82, 2.24) is 4.90 Å². The van der Waals surface area contributed by atoms with Crippen LogP contribution < -0.4 is 0 Å². The number of rotatable bonds is 0. The summed E-state index contributed by atoms with van der Waals surface area (Å²) in [7, 11) is 0. The SMILES string of the molecule is CC1CC(=O)OC(=O)N1C(=O)OC(C)(C)C. The molecule has 1 fully saturated rings. The smallest absolute Gasteiger partial charge is 0.427 e. The minimum Gasteiger partial charge on any atom is -0.443 e. The fourth-order valence-electron chi connectivity index (χ4n) is 1.27. The molecule has 6 nitrogen and oxygen atoms in total. The third kappa shape index (κ3) is 2.95. The fourth-order valence-corrected chi connectivity index (χ4v) is 1.27. The molecule has 16 heavy (non-hydrogen) atoms. The first-order valence-corrected chi connectivity index (χ1v) is 4.97. The van der Waals surface area contributed by atoms with Crippen LogP contribution in [-0.2, 0) is 14.3 Å². The molecular weight excluding hydrogens is 214 g/mol. The molecule has 1 heterocycles. The van der Waals surface area contributed by atoms with Crippen molar-refractivity contribution < 1.29 is 23.9 Å². The molecule has 90 valence electrons. The minimum absolute atomic E-state index is 0.00895. The maximum Gasteiger partial charge on any atom is 0.427 e. The summed E-state index contributed by atoms with van der Waals surface area (Å²) in [6.45, 7) is 6.66. The van der Waals surface area contributed by atoms with Gasteiger partial charge in [-0.05, 0) is 27.7 Å². The highest BCUT2D eigenvalue weighted by Gasteiger charge is 2.38. The molecule has 0 radical (unpaired) electrons. The lowest BCUT2D eigenvalue weighted by Gasteiger charge is -2.31. The molecule has 1 unspecified atom stereocenters. The molecule has 2 amide bonds. The number of hydrogen-bond donors (Lipinski definition) is 0. The summed E-state index contributed by atoms with van der Waals surface area (Å²) >= 11 is 0. The maximum atomic E-state index is 11.6. The summed E-state index contributed by atoms with van der Waals surface area (Å²) in [6, 6.07) is -0.538. The number of cyclic esters (lactones) is 2. The summed E-state index contributed by atoms with van der Waals surface area (Å²) < 4.78 is 9.38. The Labute approximate surface area is 93.5 Å². The van der Waals surface area contributed by atoms with Crippen LogP contribution in [0.4, 0.5) is 9.59 Å². The first-order valence-electron chi connectivity index (χ1n) is 4.97. The lowest BCUT2D eigenvalue weighted by molar-refractivity contribution is -0.142. The highest BCUT2D eigenvalue weighted by atomic mass is 16.6. The van der Waals surface area contributed by atoms with Crippen molar-refractivity contribution in [2.75, 3.05) is 0 Å². The normalized spacial score (nSPS) is 21.8. The molecule has 0 bridgehead atoms. The molecule has 0 aromatic carbocycles. The van der Waals surface area contributed by atoms with Gasteiger partial charge < -0.3 is 9.47 Å². The molecule has 1 atom stereocenters. The van der Waals surface area contributed by atoms with Gasteiger partial charge in [0.15, 0.2) is 0 Å². The highest BCUT2D eigenvalue weighted by molar-refractivity contribution is 5.96. The monoisotopic (exact) mass is 229 g/mol. The Balaban J connectivity index is 2.75. The molecule has 6 heteroatoms. The largest absolute Gasteiger partial charge is 0.443 e. The van der Waals surface area contributed by atoms with Crippen molar-refractivity contribution >= 4 is 18.2 Å². The zero-order valence-corrected chi connectivity index (χ0v) is 9.77. The van der Waals surface area contributed by atoms with Crippen LogP contribution in [0.2, 0.25) is 0 Å². The van der Waals surface area contributed by atoms with Gasteiger partial charge in [-0.2, -0.15) is 0 Å². The van der Waals surface area contributed by atoms with Crippen LogP contribution in [0.15, 0.2) is 0 Å². The van der Waals surface area contributed by atoms with Crippen LogP contribution in [-0.4, -0.2) is 34.7 Å². The van der Waals surface area contributed by atoms with Gasteiger partial charge in [-0.15, -0.1) is 0 Å². The number of carbonyl (C=O) groups excluding carboxylic acids is 3. The number of hydrogen-bond acceptors (Lipinski definition) is 5. The fraction of sp³-hybridized carbons (Fsp3) is 0.700. The average Bonchev–Trinajstić information content (AvgIpc) is 1.96. The maximum absolute atomic E-state index is 11.6. The quantitative estimate of drug-likeness (QED) is 0.466. The van der Waals surface area contributed by atoms with Crippen LogP contribution >= 0.6 is 0 Å². The molecule has 0 saturated carbocycles. The third-order valence-electron chi connectivity index (χ3n) is 1.89. The second-order valence-corrected chi connectivity index (χ2v) is 4.64. The molecule has 0 aromatic rings. The Morgan fingerprint density at radius 3 is 2.44 bits per heavy atom. The van der Waals surface area contributed by atoms with Gasteiger partial charge >= 0.3 is 18.2 Å². The van der Waals surface area contributed by atoms with Crippen molar-refractivity contribution in [2.24, 2.45) is 0 Å². The van der Waals surface area contributed by atoms with Crippen molar-refractivity contribution in [3.05, 3.63) is 0 Å². The Morgan fingerprint density at radius 2 is 2.00 bits per heavy atom. The number of nitrogens with zero attached hydrogens (tertiary/aromatic N) is 1. The number of ether oxygens (including phenoxy) is 2. The molecule has 0 aromatic heterocycles. The predicted octanol–water partition coefficient (Wildman–Crippen LogP) is 1.68. The topological polar surface area (TPSA) is 72.9 Å². The summed E-state index contributed by atoms with van der Waals surface area (Å²) in [5.74, 6) is -0.627. The summed E-state index contributed by atoms with van der Waals surface area (Å²) in [5, 5.41) is 0. The number of esters is 1. The average molecular weight is 229 g/mol. The summed E-state index contributed by atoms with van der Waals surface area (Å²) in [5.41, 5.74) is -0.696. The highest BCUT2D eigenvalue weighted by Crippen LogP contribution is 2.18. The standard InChI is InChI=1S/C10H15NO5/c1-6-5-7(12)15-8(13)11(6)9(14)16-10(2,3)4/h6H,5H2,1-4H3. The summed E-state index contributed by atoms with van der Waals surface area (Å²) in [4.78, 5) is 34.7. The van der Waals surface area contributed by atoms with Crippen molar-refractivity contribution in [3.63, 3.8) is 0 Å². The van der Waals surface area contributed by atoms with Gasteiger partial charge in [0.25, 0.3) is 0 Å². The number of imide groups is 1. The molecule has 1 aliphatic heterocycles. The molecule has 1 aliphatic rings. The van der Waals surface area contributed by atoms with E-state index in [1.54, 1.807) is 27.7 Å². The number of carbonyl (C=O) groups is 3. The van der Waals surface area contributed by atoms with Crippen LogP contribution in [0.3, 0.4) is 0 Å². The van der Waals surface area contributed by atoms with Gasteiger partial charge in [-0.3, -0.25) is 4.79 Å². The Hall–Kier alpha value is -1.59. The Morgan fingerprint density at radius 1 is 1.44 bits per heavy atom. The van der Waals surface area contributed by atoms with Crippen molar-refractivity contribution in [3.8, 4) is 0 Å². The van der Waals surface area contributed by atoms with E-state index in [-0.39, 0.29) is 6.42 Å². The van der Waals surface area contributed by atoms with Gasteiger partial charge in [0.05, 0.1) is 12.5 Å². The van der Waals surface area contributed by atoms with Crippen LogP contribution in [0.5, 0.6) is 0 Å². The van der Waals surface area contributed by atoms with E-state index in [4.69, 9.17) is 4.74 Å². The van der Waals surface area contributed by atoms with Gasteiger partial charge in [0.1, 0.15) is 5.60 Å². The molecule has 1 rings (SSSR count). The van der Waals surface area contributed by atoms with Gasteiger partial charge in [-0.1, -0.05) is 0 Å². The summed E-state index contributed by atoms with van der Waals surface area (Å²) in [6.07, 6.45) is -1.78. The molecule has 0 spiro atoms. The first kappa shape index (κ1) is 12.5. The molecular formula is C10H15NO5. The Kier molecular flexibility index (Phi) is 3.21. The van der Waals surface area contributed by atoms with Crippen molar-refractivity contribution in [1.29, 1.82) is 0 Å². The van der Waals surface area contributed by atoms with E-state index in [9.17, 15) is 14.4 Å². The third-order valence-corrected chi connectivity index (χ3v) is 1.89. The molecule has 0 N–H and O–H groups in total. The first-order chi connectivity index (χ1) is 7.20. The zero-order chi connectivity index (χ0) is 12.5. The van der Waals surface area contributed by atoms with E-state index in [2.05, 4.69) is 4.74 Å². The van der Waals surface area contributed by atoms with Gasteiger partial charge in [0.2, 0.25) is 0 Å². The van der Waals surface area contributed by atoms with E-state index < -0.39 is 29.8 Å². The lowest BCUT2D eigenvalue weighted by atomic mass is 10.2. The van der Waals surface area contributed by atoms with E-state index in [1.165, 1.54) is 0 Å². The van der Waals surface area contributed by atoms with Crippen LogP contribution in [0, 0.1) is 0 Å². The van der Waals surface area contributed by atoms with Gasteiger partial charge in [-0.25, -0.2) is 14.5 Å². The van der Waals surface area contributed by atoms with E-state index >= 15 is 0 Å². The van der Waals surface area contributed by atoms with Gasteiger partial charge in [0, 0.05) is 0 Å². The molecule has 1 saturated heterocycles. The lowest BCUT2D eigenvalue weighted by Crippen LogP contribution is -2.50. The van der Waals surface area contributed by atoms with E-state index in [0.29, 0.717) is 0 Å². The minimum atomic E-state index is -0.974. The predicted molar refractivity (Wildman–Crippen MR) is 53.6 cm³/mol. The van der Waals surface area contributed by atoms with E-state index in [0.717, 1.165) is 4.90 Å². The molecule has 0 aliphatic carbocycles.